The van der Waals surface area contributed by atoms with E-state index in [-0.39, 0.29) is 6.10 Å². The van der Waals surface area contributed by atoms with Gasteiger partial charge in [-0.2, -0.15) is 0 Å². The highest BCUT2D eigenvalue weighted by Crippen LogP contribution is 2.25. The second kappa shape index (κ2) is 7.21. The molecule has 0 aliphatic carbocycles. The van der Waals surface area contributed by atoms with Gasteiger partial charge in [0.2, 0.25) is 0 Å². The number of thiazole rings is 1. The molecule has 1 saturated heterocycles. The first-order valence-electron chi connectivity index (χ1n) is 8.13. The molecule has 0 saturated carbocycles. The van der Waals surface area contributed by atoms with E-state index < -0.39 is 0 Å². The van der Waals surface area contributed by atoms with Crippen molar-refractivity contribution in [3.05, 3.63) is 71.4 Å². The van der Waals surface area contributed by atoms with Crippen molar-refractivity contribution in [3.63, 3.8) is 0 Å². The molecule has 0 bridgehead atoms. The molecule has 1 unspecified atom stereocenters. The molecule has 1 aliphatic rings. The topological polar surface area (TPSA) is 38.2 Å². The minimum atomic E-state index is 0.147. The highest BCUT2D eigenvalue weighted by Gasteiger charge is 2.22. The van der Waals surface area contributed by atoms with Crippen LogP contribution in [0, 0.1) is 0 Å². The molecule has 1 aromatic carbocycles. The van der Waals surface area contributed by atoms with Crippen LogP contribution in [0.5, 0.6) is 0 Å². The Balaban J connectivity index is 1.43. The van der Waals surface area contributed by atoms with E-state index >= 15 is 0 Å². The van der Waals surface area contributed by atoms with Crippen molar-refractivity contribution in [1.29, 1.82) is 0 Å². The summed E-state index contributed by atoms with van der Waals surface area (Å²) in [4.78, 5) is 11.5. The minimum Gasteiger partial charge on any atom is -0.371 e. The normalized spacial score (nSPS) is 18.6. The van der Waals surface area contributed by atoms with Crippen molar-refractivity contribution in [1.82, 2.24) is 14.9 Å². The Hall–Kier alpha value is -2.08. The molecule has 0 amide bonds. The predicted molar refractivity (Wildman–Crippen MR) is 95.8 cm³/mol. The number of benzene rings is 1. The molecule has 3 aromatic rings. The Bertz CT molecular complexity index is 776. The second-order valence-electron chi connectivity index (χ2n) is 5.86. The molecule has 122 valence electrons. The van der Waals surface area contributed by atoms with Crippen molar-refractivity contribution in [2.45, 2.75) is 12.6 Å². The zero-order chi connectivity index (χ0) is 16.2. The fraction of sp³-hybridized carbons (Fsp3) is 0.263. The summed E-state index contributed by atoms with van der Waals surface area (Å²) in [5.74, 6) is 0. The summed E-state index contributed by atoms with van der Waals surface area (Å²) < 4.78 is 5.94. The molecule has 1 aliphatic heterocycles. The maximum atomic E-state index is 5.94. The van der Waals surface area contributed by atoms with E-state index in [1.54, 1.807) is 11.3 Å². The lowest BCUT2D eigenvalue weighted by Crippen LogP contribution is -2.37. The summed E-state index contributed by atoms with van der Waals surface area (Å²) in [6.07, 6.45) is 1.96. The highest BCUT2D eigenvalue weighted by atomic mass is 32.1. The number of nitrogens with zero attached hydrogens (tertiary/aromatic N) is 3. The molecule has 4 nitrogen and oxygen atoms in total. The third-order valence-corrected chi connectivity index (χ3v) is 5.06. The van der Waals surface area contributed by atoms with E-state index in [1.807, 2.05) is 30.5 Å². The van der Waals surface area contributed by atoms with Gasteiger partial charge < -0.3 is 4.74 Å². The molecule has 2 aromatic heterocycles. The van der Waals surface area contributed by atoms with Crippen molar-refractivity contribution < 1.29 is 4.74 Å². The van der Waals surface area contributed by atoms with Crippen LogP contribution in [0.1, 0.15) is 17.4 Å². The van der Waals surface area contributed by atoms with Crippen molar-refractivity contribution in [2.24, 2.45) is 0 Å². The molecule has 1 fully saturated rings. The quantitative estimate of drug-likeness (QED) is 0.726. The Morgan fingerprint density at radius 2 is 2.00 bits per heavy atom. The molecular weight excluding hydrogens is 318 g/mol. The van der Waals surface area contributed by atoms with Crippen LogP contribution in [-0.4, -0.2) is 34.6 Å². The smallest absolute Gasteiger partial charge is 0.142 e. The Morgan fingerprint density at radius 3 is 2.83 bits per heavy atom. The van der Waals surface area contributed by atoms with Gasteiger partial charge in [-0.05, 0) is 17.7 Å². The monoisotopic (exact) mass is 337 g/mol. The largest absolute Gasteiger partial charge is 0.371 e. The molecule has 0 spiro atoms. The van der Waals surface area contributed by atoms with Crippen LogP contribution in [-0.2, 0) is 11.3 Å². The van der Waals surface area contributed by atoms with E-state index in [0.29, 0.717) is 0 Å². The summed E-state index contributed by atoms with van der Waals surface area (Å²) in [5, 5.41) is 3.12. The van der Waals surface area contributed by atoms with E-state index in [1.165, 1.54) is 5.56 Å². The maximum Gasteiger partial charge on any atom is 0.142 e. The van der Waals surface area contributed by atoms with Gasteiger partial charge in [0.1, 0.15) is 5.01 Å². The third-order valence-electron chi connectivity index (χ3n) is 4.14. The van der Waals surface area contributed by atoms with Gasteiger partial charge >= 0.3 is 0 Å². The fourth-order valence-electron chi connectivity index (χ4n) is 2.93. The highest BCUT2D eigenvalue weighted by molar-refractivity contribution is 7.13. The van der Waals surface area contributed by atoms with Crippen molar-refractivity contribution in [2.75, 3.05) is 19.7 Å². The number of hydrogen-bond donors (Lipinski definition) is 0. The average Bonchev–Trinajstić information content (AvgIpc) is 3.12. The molecule has 5 heteroatoms. The SMILES string of the molecule is c1ccc(C2CN(Cc3csc(-c4ccccn4)n3)CCO2)cc1. The Kier molecular flexibility index (Phi) is 4.64. The van der Waals surface area contributed by atoms with Crippen LogP contribution >= 0.6 is 11.3 Å². The van der Waals surface area contributed by atoms with Gasteiger partial charge in [0.15, 0.2) is 0 Å². The van der Waals surface area contributed by atoms with E-state index in [2.05, 4.69) is 39.5 Å². The Morgan fingerprint density at radius 1 is 1.12 bits per heavy atom. The first kappa shape index (κ1) is 15.4. The number of ether oxygens (including phenoxy) is 1. The maximum absolute atomic E-state index is 5.94. The molecular formula is C19H19N3OS. The van der Waals surface area contributed by atoms with Gasteiger partial charge in [-0.3, -0.25) is 9.88 Å². The van der Waals surface area contributed by atoms with Crippen LogP contribution in [0.2, 0.25) is 0 Å². The van der Waals surface area contributed by atoms with Crippen LogP contribution < -0.4 is 0 Å². The number of aromatic nitrogens is 2. The second-order valence-corrected chi connectivity index (χ2v) is 6.72. The molecule has 1 atom stereocenters. The van der Waals surface area contributed by atoms with Gasteiger partial charge in [0, 0.05) is 31.2 Å². The summed E-state index contributed by atoms with van der Waals surface area (Å²) in [7, 11) is 0. The Labute approximate surface area is 145 Å². The molecule has 24 heavy (non-hydrogen) atoms. The van der Waals surface area contributed by atoms with Gasteiger partial charge in [-0.25, -0.2) is 4.98 Å². The van der Waals surface area contributed by atoms with E-state index in [4.69, 9.17) is 9.72 Å². The summed E-state index contributed by atoms with van der Waals surface area (Å²) in [6.45, 7) is 3.47. The number of rotatable bonds is 4. The van der Waals surface area contributed by atoms with Crippen LogP contribution in [0.25, 0.3) is 10.7 Å². The lowest BCUT2D eigenvalue weighted by atomic mass is 10.1. The number of hydrogen-bond acceptors (Lipinski definition) is 5. The summed E-state index contributed by atoms with van der Waals surface area (Å²) >= 11 is 1.66. The van der Waals surface area contributed by atoms with E-state index in [0.717, 1.165) is 42.6 Å². The van der Waals surface area contributed by atoms with Crippen molar-refractivity contribution >= 4 is 11.3 Å². The van der Waals surface area contributed by atoms with Gasteiger partial charge in [0.25, 0.3) is 0 Å². The molecule has 0 N–H and O–H groups in total. The van der Waals surface area contributed by atoms with Crippen LogP contribution in [0.4, 0.5) is 0 Å². The molecule has 0 radical (unpaired) electrons. The first-order valence-corrected chi connectivity index (χ1v) is 9.01. The average molecular weight is 337 g/mol. The van der Waals surface area contributed by atoms with Gasteiger partial charge in [-0.1, -0.05) is 36.4 Å². The van der Waals surface area contributed by atoms with Crippen molar-refractivity contribution in [3.8, 4) is 10.7 Å². The molecule has 3 heterocycles. The molecule has 4 rings (SSSR count). The van der Waals surface area contributed by atoms with Gasteiger partial charge in [0.05, 0.1) is 24.1 Å². The third kappa shape index (κ3) is 3.53. The zero-order valence-electron chi connectivity index (χ0n) is 13.3. The summed E-state index contributed by atoms with van der Waals surface area (Å²) in [5.41, 5.74) is 3.29. The number of morpholine rings is 1. The first-order chi connectivity index (χ1) is 11.9. The van der Waals surface area contributed by atoms with Crippen LogP contribution in [0.3, 0.4) is 0 Å². The van der Waals surface area contributed by atoms with Crippen LogP contribution in [0.15, 0.2) is 60.1 Å². The van der Waals surface area contributed by atoms with E-state index in [9.17, 15) is 0 Å². The minimum absolute atomic E-state index is 0.147. The lowest BCUT2D eigenvalue weighted by Gasteiger charge is -2.32. The zero-order valence-corrected chi connectivity index (χ0v) is 14.2. The fourth-order valence-corrected chi connectivity index (χ4v) is 3.72. The van der Waals surface area contributed by atoms with Gasteiger partial charge in [-0.15, -0.1) is 11.3 Å². The lowest BCUT2D eigenvalue weighted by molar-refractivity contribution is -0.0332. The summed E-state index contributed by atoms with van der Waals surface area (Å²) in [6, 6.07) is 16.4. The number of pyridine rings is 1. The standard InChI is InChI=1S/C19H19N3OS/c1-2-6-15(7-3-1)18-13-22(10-11-23-18)12-16-14-24-19(21-16)17-8-4-5-9-20-17/h1-9,14,18H,10-13H2. The predicted octanol–water partition coefficient (Wildman–Crippen LogP) is 3.78.